The van der Waals surface area contributed by atoms with Crippen molar-refractivity contribution in [3.63, 3.8) is 0 Å². The van der Waals surface area contributed by atoms with Crippen LogP contribution in [0, 0.1) is 6.20 Å². The first-order valence-electron chi connectivity index (χ1n) is 4.43. The first-order valence-corrected chi connectivity index (χ1v) is 4.43. The van der Waals surface area contributed by atoms with Gasteiger partial charge in [0.2, 0.25) is 5.91 Å². The third kappa shape index (κ3) is 2.57. The fourth-order valence-corrected chi connectivity index (χ4v) is 1.17. The molecule has 4 nitrogen and oxygen atoms in total. The Morgan fingerprint density at radius 3 is 2.69 bits per heavy atom. The van der Waals surface area contributed by atoms with E-state index < -0.39 is 0 Å². The molecule has 0 atom stereocenters. The molecule has 0 saturated heterocycles. The van der Waals surface area contributed by atoms with E-state index in [1.54, 1.807) is 22.0 Å². The van der Waals surface area contributed by atoms with E-state index in [4.69, 9.17) is 0 Å². The van der Waals surface area contributed by atoms with Gasteiger partial charge in [0, 0.05) is 19.3 Å². The van der Waals surface area contributed by atoms with Crippen molar-refractivity contribution >= 4 is 5.91 Å². The Morgan fingerprint density at radius 2 is 2.23 bits per heavy atom. The van der Waals surface area contributed by atoms with Crippen molar-refractivity contribution in [3.8, 4) is 0 Å². The van der Waals surface area contributed by atoms with Crippen LogP contribution in [-0.4, -0.2) is 33.4 Å². The quantitative estimate of drug-likeness (QED) is 0.678. The maximum absolute atomic E-state index is 11.5. The summed E-state index contributed by atoms with van der Waals surface area (Å²) in [5.41, 5.74) is 0. The van der Waals surface area contributed by atoms with Gasteiger partial charge in [0.05, 0.1) is 6.33 Å². The molecule has 0 aromatic carbocycles. The van der Waals surface area contributed by atoms with Gasteiger partial charge in [0.1, 0.15) is 12.7 Å². The molecule has 0 N–H and O–H groups in total. The van der Waals surface area contributed by atoms with E-state index >= 15 is 0 Å². The predicted molar refractivity (Wildman–Crippen MR) is 49.0 cm³/mol. The summed E-state index contributed by atoms with van der Waals surface area (Å²) in [5, 5.41) is 0. The largest absolute Gasteiger partial charge is 0.342 e. The van der Waals surface area contributed by atoms with E-state index in [2.05, 4.69) is 11.2 Å². The lowest BCUT2D eigenvalue weighted by atomic mass is 10.4. The summed E-state index contributed by atoms with van der Waals surface area (Å²) in [6.45, 7) is 5.82. The molecule has 13 heavy (non-hydrogen) atoms. The number of nitrogens with zero attached hydrogens (tertiary/aromatic N) is 3. The van der Waals surface area contributed by atoms with Gasteiger partial charge < -0.3 is 9.47 Å². The SMILES string of the molecule is CCN(CC)C(=O)Cn1c[c]nc1. The number of amides is 1. The molecule has 4 heteroatoms. The zero-order valence-electron chi connectivity index (χ0n) is 8.03. The van der Waals surface area contributed by atoms with Crippen LogP contribution in [0.5, 0.6) is 0 Å². The summed E-state index contributed by atoms with van der Waals surface area (Å²) in [6.07, 6.45) is 5.92. The third-order valence-corrected chi connectivity index (χ3v) is 1.94. The van der Waals surface area contributed by atoms with Crippen LogP contribution in [0.25, 0.3) is 0 Å². The van der Waals surface area contributed by atoms with Gasteiger partial charge in [-0.1, -0.05) is 0 Å². The smallest absolute Gasteiger partial charge is 0.242 e. The molecular formula is C9H14N3O. The van der Waals surface area contributed by atoms with Crippen molar-refractivity contribution in [2.45, 2.75) is 20.4 Å². The van der Waals surface area contributed by atoms with Crippen molar-refractivity contribution in [2.24, 2.45) is 0 Å². The zero-order chi connectivity index (χ0) is 9.68. The van der Waals surface area contributed by atoms with Crippen LogP contribution in [0.1, 0.15) is 13.8 Å². The monoisotopic (exact) mass is 180 g/mol. The van der Waals surface area contributed by atoms with Crippen molar-refractivity contribution in [1.29, 1.82) is 0 Å². The minimum Gasteiger partial charge on any atom is -0.342 e. The maximum Gasteiger partial charge on any atom is 0.242 e. The molecule has 0 aliphatic carbocycles. The van der Waals surface area contributed by atoms with Crippen LogP contribution >= 0.6 is 0 Å². The molecule has 0 bridgehead atoms. The van der Waals surface area contributed by atoms with Crippen LogP contribution in [0.4, 0.5) is 0 Å². The first kappa shape index (κ1) is 9.77. The Bertz CT molecular complexity index is 252. The van der Waals surface area contributed by atoms with Crippen LogP contribution in [0.2, 0.25) is 0 Å². The molecule has 1 heterocycles. The summed E-state index contributed by atoms with van der Waals surface area (Å²) in [4.78, 5) is 17.1. The summed E-state index contributed by atoms with van der Waals surface area (Å²) in [5.74, 6) is 0.122. The number of hydrogen-bond acceptors (Lipinski definition) is 2. The van der Waals surface area contributed by atoms with Crippen molar-refractivity contribution in [1.82, 2.24) is 14.5 Å². The van der Waals surface area contributed by atoms with Crippen LogP contribution < -0.4 is 0 Å². The standard InChI is InChI=1S/C9H14N3O/c1-3-12(4-2)9(13)7-11-6-5-10-8-11/h6,8H,3-4,7H2,1-2H3. The van der Waals surface area contributed by atoms with Crippen molar-refractivity contribution in [2.75, 3.05) is 13.1 Å². The molecule has 1 aromatic heterocycles. The maximum atomic E-state index is 11.5. The van der Waals surface area contributed by atoms with E-state index in [-0.39, 0.29) is 5.91 Å². The Labute approximate surface area is 78.2 Å². The van der Waals surface area contributed by atoms with E-state index in [1.165, 1.54) is 0 Å². The lowest BCUT2D eigenvalue weighted by Crippen LogP contribution is -2.33. The minimum absolute atomic E-state index is 0.122. The highest BCUT2D eigenvalue weighted by Crippen LogP contribution is 1.93. The van der Waals surface area contributed by atoms with Gasteiger partial charge in [-0.05, 0) is 13.8 Å². The van der Waals surface area contributed by atoms with E-state index in [0.717, 1.165) is 13.1 Å². The van der Waals surface area contributed by atoms with Gasteiger partial charge >= 0.3 is 0 Å². The van der Waals surface area contributed by atoms with Gasteiger partial charge in [-0.2, -0.15) is 0 Å². The second kappa shape index (κ2) is 4.64. The number of hydrogen-bond donors (Lipinski definition) is 0. The Kier molecular flexibility index (Phi) is 3.49. The van der Waals surface area contributed by atoms with Crippen LogP contribution in [-0.2, 0) is 11.3 Å². The van der Waals surface area contributed by atoms with Gasteiger partial charge in [-0.25, -0.2) is 4.98 Å². The highest BCUT2D eigenvalue weighted by atomic mass is 16.2. The Hall–Kier alpha value is -1.32. The summed E-state index contributed by atoms with van der Waals surface area (Å²) < 4.78 is 1.72. The van der Waals surface area contributed by atoms with E-state index in [1.807, 2.05) is 13.8 Å². The van der Waals surface area contributed by atoms with E-state index in [0.29, 0.717) is 6.54 Å². The van der Waals surface area contributed by atoms with Crippen LogP contribution in [0.15, 0.2) is 12.5 Å². The number of carbonyl (C=O) groups excluding carboxylic acids is 1. The molecule has 1 aromatic rings. The average molecular weight is 180 g/mol. The molecule has 1 rings (SSSR count). The fourth-order valence-electron chi connectivity index (χ4n) is 1.17. The highest BCUT2D eigenvalue weighted by molar-refractivity contribution is 5.75. The van der Waals surface area contributed by atoms with Gasteiger partial charge in [0.25, 0.3) is 0 Å². The lowest BCUT2D eigenvalue weighted by molar-refractivity contribution is -0.131. The van der Waals surface area contributed by atoms with Crippen molar-refractivity contribution in [3.05, 3.63) is 18.7 Å². The molecule has 0 unspecified atom stereocenters. The molecule has 0 spiro atoms. The normalized spacial score (nSPS) is 10.0. The molecular weight excluding hydrogens is 166 g/mol. The molecule has 0 aliphatic heterocycles. The zero-order valence-corrected chi connectivity index (χ0v) is 8.03. The topological polar surface area (TPSA) is 38.1 Å². The molecule has 1 radical (unpaired) electrons. The highest BCUT2D eigenvalue weighted by Gasteiger charge is 2.08. The number of likely N-dealkylation sites (N-methyl/N-ethyl adjacent to an activating group) is 1. The lowest BCUT2D eigenvalue weighted by Gasteiger charge is -2.18. The first-order chi connectivity index (χ1) is 6.27. The summed E-state index contributed by atoms with van der Waals surface area (Å²) in [6, 6.07) is 0. The summed E-state index contributed by atoms with van der Waals surface area (Å²) >= 11 is 0. The Morgan fingerprint density at radius 1 is 1.54 bits per heavy atom. The average Bonchev–Trinajstić information content (AvgIpc) is 2.59. The van der Waals surface area contributed by atoms with Crippen molar-refractivity contribution < 1.29 is 4.79 Å². The molecule has 1 amide bonds. The fraction of sp³-hybridized carbons (Fsp3) is 0.556. The number of imidazole rings is 1. The molecule has 0 fully saturated rings. The minimum atomic E-state index is 0.122. The molecule has 0 saturated carbocycles. The van der Waals surface area contributed by atoms with Gasteiger partial charge in [0.15, 0.2) is 0 Å². The second-order valence-corrected chi connectivity index (χ2v) is 2.74. The van der Waals surface area contributed by atoms with E-state index in [9.17, 15) is 4.79 Å². The number of carbonyl (C=O) groups is 1. The van der Waals surface area contributed by atoms with Gasteiger partial charge in [-0.3, -0.25) is 4.79 Å². The molecule has 71 valence electrons. The number of rotatable bonds is 4. The van der Waals surface area contributed by atoms with Crippen LogP contribution in [0.3, 0.4) is 0 Å². The predicted octanol–water partition coefficient (Wildman–Crippen LogP) is 0.552. The third-order valence-electron chi connectivity index (χ3n) is 1.94. The number of aromatic nitrogens is 2. The summed E-state index contributed by atoms with van der Waals surface area (Å²) in [7, 11) is 0. The molecule has 0 aliphatic rings. The Balaban J connectivity index is 2.49. The second-order valence-electron chi connectivity index (χ2n) is 2.74. The van der Waals surface area contributed by atoms with Gasteiger partial charge in [-0.15, -0.1) is 0 Å².